The topological polar surface area (TPSA) is 92.9 Å². The zero-order valence-electron chi connectivity index (χ0n) is 16.8. The Morgan fingerprint density at radius 3 is 2.58 bits per heavy atom. The van der Waals surface area contributed by atoms with E-state index in [9.17, 15) is 18.0 Å². The summed E-state index contributed by atoms with van der Waals surface area (Å²) in [6.45, 7) is 3.11. The number of carbonyl (C=O) groups is 1. The van der Waals surface area contributed by atoms with Crippen molar-refractivity contribution in [2.75, 3.05) is 18.4 Å². The van der Waals surface area contributed by atoms with Gasteiger partial charge in [0.2, 0.25) is 0 Å². The molecule has 1 aliphatic heterocycles. The molecule has 3 aromatic rings. The fraction of sp³-hybridized carbons (Fsp3) is 0.318. The molecule has 0 spiro atoms. The first-order chi connectivity index (χ1) is 14.7. The second-order valence-corrected chi connectivity index (χ2v) is 7.66. The van der Waals surface area contributed by atoms with E-state index in [2.05, 4.69) is 20.6 Å². The summed E-state index contributed by atoms with van der Waals surface area (Å²) in [5.41, 5.74) is 6.45. The average molecular weight is 429 g/mol. The van der Waals surface area contributed by atoms with E-state index in [1.807, 2.05) is 6.07 Å². The van der Waals surface area contributed by atoms with Crippen LogP contribution in [0.3, 0.4) is 0 Å². The molecule has 1 fully saturated rings. The Morgan fingerprint density at radius 2 is 1.90 bits per heavy atom. The standard InChI is InChI=1S/C22H22F3N5O/c1-12-28-19-16(20(26)31)3-2-4-17(19)21(29-12)30-18-11-27-10-9-15(18)13-5-7-14(8-6-13)22(23,24)25/h2-8,15,18,27H,9-11H2,1H3,(H2,26,31)(H,28,29,30)/t15-,18?/m1/s1. The highest BCUT2D eigenvalue weighted by Crippen LogP contribution is 2.33. The third-order valence-corrected chi connectivity index (χ3v) is 5.57. The average Bonchev–Trinajstić information content (AvgIpc) is 2.73. The van der Waals surface area contributed by atoms with Crippen molar-refractivity contribution in [1.29, 1.82) is 0 Å². The van der Waals surface area contributed by atoms with Gasteiger partial charge in [-0.25, -0.2) is 9.97 Å². The number of hydrogen-bond donors (Lipinski definition) is 3. The number of hydrogen-bond acceptors (Lipinski definition) is 5. The molecule has 1 amide bonds. The summed E-state index contributed by atoms with van der Waals surface area (Å²) in [6, 6.07) is 10.4. The highest BCUT2D eigenvalue weighted by atomic mass is 19.4. The van der Waals surface area contributed by atoms with E-state index in [1.165, 1.54) is 0 Å². The summed E-state index contributed by atoms with van der Waals surface area (Å²) in [5, 5.41) is 7.42. The molecule has 9 heteroatoms. The second-order valence-electron chi connectivity index (χ2n) is 7.66. The van der Waals surface area contributed by atoms with E-state index in [0.717, 1.165) is 30.7 Å². The number of piperidine rings is 1. The summed E-state index contributed by atoms with van der Waals surface area (Å²) < 4.78 is 38.8. The van der Waals surface area contributed by atoms with Gasteiger partial charge >= 0.3 is 6.18 Å². The number of nitrogens with zero attached hydrogens (tertiary/aromatic N) is 2. The molecule has 1 aromatic heterocycles. The predicted molar refractivity (Wildman–Crippen MR) is 112 cm³/mol. The van der Waals surface area contributed by atoms with Gasteiger partial charge in [0.25, 0.3) is 5.91 Å². The fourth-order valence-corrected chi connectivity index (χ4v) is 4.08. The Hall–Kier alpha value is -3.20. The van der Waals surface area contributed by atoms with Gasteiger partial charge in [0, 0.05) is 23.9 Å². The van der Waals surface area contributed by atoms with Gasteiger partial charge < -0.3 is 16.4 Å². The lowest BCUT2D eigenvalue weighted by molar-refractivity contribution is -0.137. The van der Waals surface area contributed by atoms with Crippen LogP contribution in [0.2, 0.25) is 0 Å². The molecule has 0 radical (unpaired) electrons. The zero-order valence-corrected chi connectivity index (χ0v) is 16.8. The molecule has 1 unspecified atom stereocenters. The number of rotatable bonds is 4. The number of amides is 1. The maximum absolute atomic E-state index is 12.9. The lowest BCUT2D eigenvalue weighted by Crippen LogP contribution is -2.44. The van der Waals surface area contributed by atoms with Crippen LogP contribution < -0.4 is 16.4 Å². The lowest BCUT2D eigenvalue weighted by atomic mass is 9.85. The van der Waals surface area contributed by atoms with Crippen LogP contribution in [-0.2, 0) is 6.18 Å². The molecule has 1 saturated heterocycles. The molecule has 0 saturated carbocycles. The van der Waals surface area contributed by atoms with Gasteiger partial charge in [0.1, 0.15) is 11.6 Å². The van der Waals surface area contributed by atoms with Crippen LogP contribution in [0, 0.1) is 6.92 Å². The normalized spacial score (nSPS) is 19.4. The minimum absolute atomic E-state index is 0.00632. The van der Waals surface area contributed by atoms with Crippen LogP contribution in [0.4, 0.5) is 19.0 Å². The number of anilines is 1. The second kappa shape index (κ2) is 8.14. The van der Waals surface area contributed by atoms with E-state index in [-0.39, 0.29) is 12.0 Å². The summed E-state index contributed by atoms with van der Waals surface area (Å²) in [6.07, 6.45) is -3.60. The molecule has 31 heavy (non-hydrogen) atoms. The van der Waals surface area contributed by atoms with E-state index in [1.54, 1.807) is 31.2 Å². The van der Waals surface area contributed by atoms with Gasteiger partial charge in [-0.1, -0.05) is 18.2 Å². The van der Waals surface area contributed by atoms with Crippen LogP contribution in [-0.4, -0.2) is 35.0 Å². The Balaban J connectivity index is 1.68. The smallest absolute Gasteiger partial charge is 0.366 e. The summed E-state index contributed by atoms with van der Waals surface area (Å²) in [7, 11) is 0. The van der Waals surface area contributed by atoms with Crippen LogP contribution in [0.15, 0.2) is 42.5 Å². The Bertz CT molecular complexity index is 1110. The first-order valence-electron chi connectivity index (χ1n) is 9.95. The van der Waals surface area contributed by atoms with Crippen molar-refractivity contribution in [3.63, 3.8) is 0 Å². The van der Waals surface area contributed by atoms with Crippen LogP contribution in [0.5, 0.6) is 0 Å². The Morgan fingerprint density at radius 1 is 1.16 bits per heavy atom. The number of primary amides is 1. The van der Waals surface area contributed by atoms with E-state index < -0.39 is 17.6 Å². The van der Waals surface area contributed by atoms with Crippen molar-refractivity contribution in [3.05, 3.63) is 65.0 Å². The Kier molecular flexibility index (Phi) is 5.53. The number of aryl methyl sites for hydroxylation is 1. The highest BCUT2D eigenvalue weighted by molar-refractivity contribution is 6.07. The molecule has 4 rings (SSSR count). The number of carbonyl (C=O) groups excluding carboxylic acids is 1. The van der Waals surface area contributed by atoms with Gasteiger partial charge in [0.15, 0.2) is 0 Å². The molecule has 0 bridgehead atoms. The molecule has 4 N–H and O–H groups in total. The van der Waals surface area contributed by atoms with Crippen molar-refractivity contribution >= 4 is 22.6 Å². The van der Waals surface area contributed by atoms with Crippen molar-refractivity contribution in [3.8, 4) is 0 Å². The van der Waals surface area contributed by atoms with E-state index in [0.29, 0.717) is 34.7 Å². The van der Waals surface area contributed by atoms with Gasteiger partial charge in [0.05, 0.1) is 16.6 Å². The minimum Gasteiger partial charge on any atom is -0.366 e. The quantitative estimate of drug-likeness (QED) is 0.589. The first kappa shape index (κ1) is 21.0. The molecule has 1 aliphatic rings. The molecular weight excluding hydrogens is 407 g/mol. The predicted octanol–water partition coefficient (Wildman–Crippen LogP) is 3.61. The van der Waals surface area contributed by atoms with E-state index in [4.69, 9.17) is 5.73 Å². The zero-order chi connectivity index (χ0) is 22.2. The number of alkyl halides is 3. The molecule has 162 valence electrons. The van der Waals surface area contributed by atoms with Crippen LogP contribution >= 0.6 is 0 Å². The van der Waals surface area contributed by atoms with E-state index >= 15 is 0 Å². The number of nitrogens with two attached hydrogens (primary N) is 1. The third kappa shape index (κ3) is 4.32. The molecular formula is C22H22F3N5O. The number of aromatic nitrogens is 2. The van der Waals surface area contributed by atoms with Crippen molar-refractivity contribution in [2.24, 2.45) is 5.73 Å². The SMILES string of the molecule is Cc1nc(NC2CNCC[C@@H]2c2ccc(C(F)(F)F)cc2)c2cccc(C(N)=O)c2n1. The van der Waals surface area contributed by atoms with Gasteiger partial charge in [-0.3, -0.25) is 4.79 Å². The maximum Gasteiger partial charge on any atom is 0.416 e. The number of para-hydroxylation sites is 1. The number of fused-ring (bicyclic) bond motifs is 1. The Labute approximate surface area is 177 Å². The molecule has 2 heterocycles. The van der Waals surface area contributed by atoms with Crippen LogP contribution in [0.1, 0.15) is 39.6 Å². The van der Waals surface area contributed by atoms with Gasteiger partial charge in [-0.2, -0.15) is 13.2 Å². The largest absolute Gasteiger partial charge is 0.416 e. The van der Waals surface area contributed by atoms with Crippen molar-refractivity contribution in [1.82, 2.24) is 15.3 Å². The fourth-order valence-electron chi connectivity index (χ4n) is 4.08. The van der Waals surface area contributed by atoms with Gasteiger partial charge in [-0.15, -0.1) is 0 Å². The lowest BCUT2D eigenvalue weighted by Gasteiger charge is -2.34. The maximum atomic E-state index is 12.9. The molecule has 6 nitrogen and oxygen atoms in total. The molecule has 0 aliphatic carbocycles. The molecule has 2 aromatic carbocycles. The van der Waals surface area contributed by atoms with Crippen molar-refractivity contribution in [2.45, 2.75) is 31.5 Å². The monoisotopic (exact) mass is 429 g/mol. The van der Waals surface area contributed by atoms with Crippen LogP contribution in [0.25, 0.3) is 10.9 Å². The summed E-state index contributed by atoms with van der Waals surface area (Å²) in [5.74, 6) is 0.472. The summed E-state index contributed by atoms with van der Waals surface area (Å²) in [4.78, 5) is 20.7. The summed E-state index contributed by atoms with van der Waals surface area (Å²) >= 11 is 0. The number of nitrogens with one attached hydrogen (secondary N) is 2. The first-order valence-corrected chi connectivity index (χ1v) is 9.95. The van der Waals surface area contributed by atoms with Crippen molar-refractivity contribution < 1.29 is 18.0 Å². The highest BCUT2D eigenvalue weighted by Gasteiger charge is 2.32. The third-order valence-electron chi connectivity index (χ3n) is 5.57. The minimum atomic E-state index is -4.36. The number of halogens is 3. The van der Waals surface area contributed by atoms with Gasteiger partial charge in [-0.05, 0) is 49.7 Å². The molecule has 2 atom stereocenters. The number of benzene rings is 2.